The fourth-order valence-electron chi connectivity index (χ4n) is 2.65. The summed E-state index contributed by atoms with van der Waals surface area (Å²) in [5.41, 5.74) is 1.52. The molecule has 6 heteroatoms. The summed E-state index contributed by atoms with van der Waals surface area (Å²) in [6.45, 7) is 5.79. The van der Waals surface area contributed by atoms with Gasteiger partial charge in [0.05, 0.1) is 5.69 Å². The van der Waals surface area contributed by atoms with Gasteiger partial charge in [-0.2, -0.15) is 5.10 Å². The van der Waals surface area contributed by atoms with Crippen LogP contribution >= 0.6 is 0 Å². The van der Waals surface area contributed by atoms with Gasteiger partial charge in [-0.3, -0.25) is 14.3 Å². The van der Waals surface area contributed by atoms with Crippen LogP contribution in [0.2, 0.25) is 0 Å². The van der Waals surface area contributed by atoms with Gasteiger partial charge in [0.1, 0.15) is 5.69 Å². The highest BCUT2D eigenvalue weighted by Crippen LogP contribution is 2.22. The Kier molecular flexibility index (Phi) is 4.42. The summed E-state index contributed by atoms with van der Waals surface area (Å²) in [4.78, 5) is 25.0. The number of nitrogens with zero attached hydrogens (tertiary/aromatic N) is 3. The lowest BCUT2D eigenvalue weighted by Crippen LogP contribution is -2.30. The van der Waals surface area contributed by atoms with E-state index in [0.717, 1.165) is 18.5 Å². The summed E-state index contributed by atoms with van der Waals surface area (Å²) in [6.07, 6.45) is 1.70. The van der Waals surface area contributed by atoms with Crippen molar-refractivity contribution in [2.75, 3.05) is 13.1 Å². The van der Waals surface area contributed by atoms with E-state index in [1.54, 1.807) is 9.58 Å². The first-order chi connectivity index (χ1) is 9.55. The van der Waals surface area contributed by atoms with Gasteiger partial charge in [-0.15, -0.1) is 0 Å². The molecule has 110 valence electrons. The summed E-state index contributed by atoms with van der Waals surface area (Å²) >= 11 is 0. The smallest absolute Gasteiger partial charge is 0.303 e. The maximum absolute atomic E-state index is 12.5. The molecule has 1 unspecified atom stereocenters. The minimum absolute atomic E-state index is 0.0352. The van der Waals surface area contributed by atoms with Crippen LogP contribution in [-0.2, 0) is 17.8 Å². The highest BCUT2D eigenvalue weighted by atomic mass is 16.4. The summed E-state index contributed by atoms with van der Waals surface area (Å²) in [5, 5.41) is 13.2. The van der Waals surface area contributed by atoms with Crippen LogP contribution < -0.4 is 0 Å². The standard InChI is InChI=1S/C14H21N3O3/c1-3-11-8-12(17(4-2)15-11)14(20)16-6-5-10(9-16)7-13(18)19/h8,10H,3-7,9H2,1-2H3,(H,18,19). The van der Waals surface area contributed by atoms with Gasteiger partial charge in [0.2, 0.25) is 0 Å². The van der Waals surface area contributed by atoms with Gasteiger partial charge in [0, 0.05) is 26.1 Å². The Labute approximate surface area is 118 Å². The fraction of sp³-hybridized carbons (Fsp3) is 0.643. The molecule has 0 spiro atoms. The van der Waals surface area contributed by atoms with Crippen LogP contribution in [0.1, 0.15) is 42.9 Å². The number of amides is 1. The first kappa shape index (κ1) is 14.6. The predicted octanol–water partition coefficient (Wildman–Crippen LogP) is 1.40. The molecule has 1 saturated heterocycles. The Hall–Kier alpha value is -1.85. The Morgan fingerprint density at radius 2 is 2.20 bits per heavy atom. The van der Waals surface area contributed by atoms with Crippen LogP contribution in [0.3, 0.4) is 0 Å². The van der Waals surface area contributed by atoms with E-state index in [9.17, 15) is 9.59 Å². The summed E-state index contributed by atoms with van der Waals surface area (Å²) in [5.74, 6) is -0.761. The molecule has 2 rings (SSSR count). The van der Waals surface area contributed by atoms with E-state index in [2.05, 4.69) is 5.10 Å². The molecule has 0 saturated carbocycles. The van der Waals surface area contributed by atoms with Gasteiger partial charge in [-0.25, -0.2) is 0 Å². The van der Waals surface area contributed by atoms with E-state index < -0.39 is 5.97 Å². The van der Waals surface area contributed by atoms with E-state index in [1.807, 2.05) is 19.9 Å². The third-order valence-corrected chi connectivity index (χ3v) is 3.75. The molecule has 0 aliphatic carbocycles. The van der Waals surface area contributed by atoms with Crippen molar-refractivity contribution in [2.24, 2.45) is 5.92 Å². The Morgan fingerprint density at radius 1 is 1.45 bits per heavy atom. The van der Waals surface area contributed by atoms with Gasteiger partial charge in [0.15, 0.2) is 0 Å². The lowest BCUT2D eigenvalue weighted by atomic mass is 10.1. The topological polar surface area (TPSA) is 75.4 Å². The SMILES string of the molecule is CCc1cc(C(=O)N2CCC(CC(=O)O)C2)n(CC)n1. The Morgan fingerprint density at radius 3 is 2.80 bits per heavy atom. The predicted molar refractivity (Wildman–Crippen MR) is 73.5 cm³/mol. The molecule has 1 N–H and O–H groups in total. The normalized spacial score (nSPS) is 18.5. The number of carbonyl (C=O) groups excluding carboxylic acids is 1. The van der Waals surface area contributed by atoms with E-state index in [4.69, 9.17) is 5.11 Å². The molecule has 1 aliphatic heterocycles. The van der Waals surface area contributed by atoms with Crippen LogP contribution in [0.25, 0.3) is 0 Å². The van der Waals surface area contributed by atoms with E-state index >= 15 is 0 Å². The minimum atomic E-state index is -0.795. The van der Waals surface area contributed by atoms with Crippen LogP contribution in [-0.4, -0.2) is 44.8 Å². The number of carboxylic acid groups (broad SMARTS) is 1. The van der Waals surface area contributed by atoms with Crippen molar-refractivity contribution in [3.63, 3.8) is 0 Å². The third-order valence-electron chi connectivity index (χ3n) is 3.75. The number of hydrogen-bond donors (Lipinski definition) is 1. The zero-order valence-electron chi connectivity index (χ0n) is 12.0. The molecule has 1 atom stereocenters. The van der Waals surface area contributed by atoms with Crippen molar-refractivity contribution >= 4 is 11.9 Å². The molecule has 0 radical (unpaired) electrons. The molecular formula is C14H21N3O3. The lowest BCUT2D eigenvalue weighted by Gasteiger charge is -2.16. The molecule has 0 aromatic carbocycles. The molecule has 1 aromatic rings. The van der Waals surface area contributed by atoms with Crippen LogP contribution in [0.5, 0.6) is 0 Å². The average Bonchev–Trinajstić information content (AvgIpc) is 3.03. The number of aromatic nitrogens is 2. The number of carbonyl (C=O) groups is 2. The minimum Gasteiger partial charge on any atom is -0.481 e. The van der Waals surface area contributed by atoms with Gasteiger partial charge in [-0.05, 0) is 31.7 Å². The van der Waals surface area contributed by atoms with E-state index in [-0.39, 0.29) is 18.2 Å². The first-order valence-electron chi connectivity index (χ1n) is 7.12. The van der Waals surface area contributed by atoms with Crippen molar-refractivity contribution in [1.82, 2.24) is 14.7 Å². The van der Waals surface area contributed by atoms with Gasteiger partial charge < -0.3 is 10.0 Å². The van der Waals surface area contributed by atoms with Crippen LogP contribution in [0.4, 0.5) is 0 Å². The van der Waals surface area contributed by atoms with Crippen molar-refractivity contribution in [3.05, 3.63) is 17.5 Å². The second-order valence-corrected chi connectivity index (χ2v) is 5.19. The Bertz CT molecular complexity index is 510. The maximum Gasteiger partial charge on any atom is 0.303 e. The average molecular weight is 279 g/mol. The molecular weight excluding hydrogens is 258 g/mol. The highest BCUT2D eigenvalue weighted by Gasteiger charge is 2.30. The largest absolute Gasteiger partial charge is 0.481 e. The van der Waals surface area contributed by atoms with Gasteiger partial charge in [-0.1, -0.05) is 6.92 Å². The summed E-state index contributed by atoms with van der Waals surface area (Å²) < 4.78 is 1.73. The second-order valence-electron chi connectivity index (χ2n) is 5.19. The molecule has 20 heavy (non-hydrogen) atoms. The highest BCUT2D eigenvalue weighted by molar-refractivity contribution is 5.93. The van der Waals surface area contributed by atoms with Crippen molar-refractivity contribution in [3.8, 4) is 0 Å². The summed E-state index contributed by atoms with van der Waals surface area (Å²) in [6, 6.07) is 1.84. The molecule has 2 heterocycles. The molecule has 0 bridgehead atoms. The number of likely N-dealkylation sites (tertiary alicyclic amines) is 1. The van der Waals surface area contributed by atoms with Gasteiger partial charge in [0.25, 0.3) is 5.91 Å². The number of hydrogen-bond acceptors (Lipinski definition) is 3. The second kappa shape index (κ2) is 6.07. The monoisotopic (exact) mass is 279 g/mol. The lowest BCUT2D eigenvalue weighted by molar-refractivity contribution is -0.138. The zero-order chi connectivity index (χ0) is 14.7. The molecule has 1 amide bonds. The number of rotatable bonds is 5. The molecule has 6 nitrogen and oxygen atoms in total. The van der Waals surface area contributed by atoms with E-state index in [1.165, 1.54) is 0 Å². The molecule has 1 fully saturated rings. The molecule has 1 aliphatic rings. The number of carboxylic acids is 1. The first-order valence-corrected chi connectivity index (χ1v) is 7.12. The van der Waals surface area contributed by atoms with Crippen LogP contribution in [0, 0.1) is 5.92 Å². The van der Waals surface area contributed by atoms with Crippen molar-refractivity contribution in [2.45, 2.75) is 39.7 Å². The van der Waals surface area contributed by atoms with Crippen molar-refractivity contribution in [1.29, 1.82) is 0 Å². The zero-order valence-corrected chi connectivity index (χ0v) is 12.0. The Balaban J connectivity index is 2.08. The fourth-order valence-corrected chi connectivity index (χ4v) is 2.65. The quantitative estimate of drug-likeness (QED) is 0.884. The van der Waals surface area contributed by atoms with E-state index in [0.29, 0.717) is 25.3 Å². The number of aliphatic carboxylic acids is 1. The summed E-state index contributed by atoms with van der Waals surface area (Å²) in [7, 11) is 0. The molecule has 1 aromatic heterocycles. The van der Waals surface area contributed by atoms with Gasteiger partial charge >= 0.3 is 5.97 Å². The van der Waals surface area contributed by atoms with Crippen molar-refractivity contribution < 1.29 is 14.7 Å². The van der Waals surface area contributed by atoms with Crippen LogP contribution in [0.15, 0.2) is 6.07 Å². The maximum atomic E-state index is 12.5. The third kappa shape index (κ3) is 3.00. The number of aryl methyl sites for hydroxylation is 2.